The average molecular weight is 286 g/mol. The van der Waals surface area contributed by atoms with Gasteiger partial charge < -0.3 is 15.6 Å². The SMILES string of the molecule is CN(c1nc(C(F)(F)F)nc2nc[nH]c12)C1CC(N)C1. The van der Waals surface area contributed by atoms with Gasteiger partial charge in [0.15, 0.2) is 11.5 Å². The van der Waals surface area contributed by atoms with Gasteiger partial charge in [0.25, 0.3) is 0 Å². The van der Waals surface area contributed by atoms with Crippen LogP contribution in [0.5, 0.6) is 0 Å². The van der Waals surface area contributed by atoms with Gasteiger partial charge in [-0.25, -0.2) is 15.0 Å². The highest BCUT2D eigenvalue weighted by molar-refractivity contribution is 5.83. The zero-order valence-electron chi connectivity index (χ0n) is 10.6. The summed E-state index contributed by atoms with van der Waals surface area (Å²) in [5.74, 6) is -0.973. The first kappa shape index (κ1) is 13.1. The topological polar surface area (TPSA) is 83.7 Å². The minimum Gasteiger partial charge on any atom is -0.355 e. The lowest BCUT2D eigenvalue weighted by molar-refractivity contribution is -0.144. The van der Waals surface area contributed by atoms with E-state index in [1.807, 2.05) is 0 Å². The Bertz CT molecular complexity index is 631. The van der Waals surface area contributed by atoms with E-state index in [2.05, 4.69) is 19.9 Å². The van der Waals surface area contributed by atoms with E-state index in [-0.39, 0.29) is 23.5 Å². The van der Waals surface area contributed by atoms with Gasteiger partial charge >= 0.3 is 6.18 Å². The number of nitrogens with one attached hydrogen (secondary N) is 1. The predicted molar refractivity (Wildman–Crippen MR) is 66.1 cm³/mol. The summed E-state index contributed by atoms with van der Waals surface area (Å²) >= 11 is 0. The second-order valence-corrected chi connectivity index (χ2v) is 4.97. The van der Waals surface area contributed by atoms with E-state index in [9.17, 15) is 13.2 Å². The Kier molecular flexibility index (Phi) is 2.82. The summed E-state index contributed by atoms with van der Waals surface area (Å²) in [4.78, 5) is 15.4. The molecule has 0 unspecified atom stereocenters. The van der Waals surface area contributed by atoms with Gasteiger partial charge in [-0.15, -0.1) is 0 Å². The quantitative estimate of drug-likeness (QED) is 0.869. The molecule has 1 aliphatic rings. The van der Waals surface area contributed by atoms with Gasteiger partial charge in [-0.05, 0) is 12.8 Å². The van der Waals surface area contributed by atoms with E-state index >= 15 is 0 Å². The number of halogens is 3. The van der Waals surface area contributed by atoms with E-state index < -0.39 is 12.0 Å². The lowest BCUT2D eigenvalue weighted by atomic mass is 9.86. The largest absolute Gasteiger partial charge is 0.451 e. The van der Waals surface area contributed by atoms with Crippen LogP contribution in [-0.2, 0) is 6.18 Å². The fourth-order valence-corrected chi connectivity index (χ4v) is 2.32. The number of nitrogens with zero attached hydrogens (tertiary/aromatic N) is 4. The molecule has 0 aromatic carbocycles. The normalized spacial score (nSPS) is 22.9. The van der Waals surface area contributed by atoms with Crippen molar-refractivity contribution in [3.63, 3.8) is 0 Å². The smallest absolute Gasteiger partial charge is 0.355 e. The van der Waals surface area contributed by atoms with Crippen molar-refractivity contribution in [1.82, 2.24) is 19.9 Å². The summed E-state index contributed by atoms with van der Waals surface area (Å²) in [5.41, 5.74) is 6.13. The number of rotatable bonds is 2. The van der Waals surface area contributed by atoms with Crippen molar-refractivity contribution in [2.75, 3.05) is 11.9 Å². The van der Waals surface area contributed by atoms with Crippen LogP contribution in [0.2, 0.25) is 0 Å². The van der Waals surface area contributed by atoms with Gasteiger partial charge in [-0.3, -0.25) is 0 Å². The molecule has 3 N–H and O–H groups in total. The number of nitrogens with two attached hydrogens (primary N) is 1. The zero-order valence-corrected chi connectivity index (χ0v) is 10.6. The standard InChI is InChI=1S/C11H13F3N6/c1-20(6-2-5(15)3-6)9-7-8(17-4-16-7)18-10(19-9)11(12,13)14/h4-6H,2-3,15H2,1H3,(H,16,17,18,19). The van der Waals surface area contributed by atoms with Crippen LogP contribution in [0.25, 0.3) is 11.2 Å². The van der Waals surface area contributed by atoms with E-state index in [0.29, 0.717) is 5.52 Å². The third kappa shape index (κ3) is 2.07. The number of fused-ring (bicyclic) bond motifs is 1. The summed E-state index contributed by atoms with van der Waals surface area (Å²) < 4.78 is 38.5. The maximum absolute atomic E-state index is 12.8. The molecule has 6 nitrogen and oxygen atoms in total. The molecule has 20 heavy (non-hydrogen) atoms. The van der Waals surface area contributed by atoms with Gasteiger partial charge in [0.2, 0.25) is 5.82 Å². The highest BCUT2D eigenvalue weighted by Gasteiger charge is 2.38. The molecule has 0 spiro atoms. The Labute approximate surface area is 112 Å². The van der Waals surface area contributed by atoms with Crippen LogP contribution in [-0.4, -0.2) is 39.1 Å². The first-order valence-corrected chi connectivity index (χ1v) is 6.13. The number of anilines is 1. The molecule has 2 aromatic heterocycles. The number of aromatic amines is 1. The molecule has 3 rings (SSSR count). The van der Waals surface area contributed by atoms with E-state index in [0.717, 1.165) is 12.8 Å². The molecular weight excluding hydrogens is 273 g/mol. The molecule has 108 valence electrons. The first-order valence-electron chi connectivity index (χ1n) is 6.13. The summed E-state index contributed by atoms with van der Waals surface area (Å²) in [5, 5.41) is 0. The number of hydrogen-bond acceptors (Lipinski definition) is 5. The molecule has 0 saturated heterocycles. The summed E-state index contributed by atoms with van der Waals surface area (Å²) in [6.07, 6.45) is -1.82. The van der Waals surface area contributed by atoms with Gasteiger partial charge in [0.1, 0.15) is 5.52 Å². The van der Waals surface area contributed by atoms with Crippen molar-refractivity contribution < 1.29 is 13.2 Å². The lowest BCUT2D eigenvalue weighted by Gasteiger charge is -2.40. The molecule has 2 aromatic rings. The summed E-state index contributed by atoms with van der Waals surface area (Å²) in [6, 6.07) is 0.191. The highest BCUT2D eigenvalue weighted by Crippen LogP contribution is 2.33. The highest BCUT2D eigenvalue weighted by atomic mass is 19.4. The minimum absolute atomic E-state index is 0.0118. The molecule has 0 amide bonds. The number of H-pyrrole nitrogens is 1. The first-order chi connectivity index (χ1) is 9.36. The zero-order chi connectivity index (χ0) is 14.5. The molecule has 1 fully saturated rings. The molecule has 1 saturated carbocycles. The van der Waals surface area contributed by atoms with Crippen molar-refractivity contribution in [3.05, 3.63) is 12.2 Å². The molecular formula is C11H13F3N6. The maximum atomic E-state index is 12.8. The Morgan fingerprint density at radius 1 is 1.35 bits per heavy atom. The van der Waals surface area contributed by atoms with E-state index in [1.165, 1.54) is 6.33 Å². The van der Waals surface area contributed by atoms with Gasteiger partial charge in [0.05, 0.1) is 6.33 Å². The molecule has 1 aliphatic carbocycles. The van der Waals surface area contributed by atoms with Crippen LogP contribution in [0.1, 0.15) is 18.7 Å². The monoisotopic (exact) mass is 286 g/mol. The molecule has 0 radical (unpaired) electrons. The van der Waals surface area contributed by atoms with Crippen LogP contribution in [0.15, 0.2) is 6.33 Å². The van der Waals surface area contributed by atoms with Gasteiger partial charge in [-0.2, -0.15) is 13.2 Å². The van der Waals surface area contributed by atoms with Crippen LogP contribution >= 0.6 is 0 Å². The number of aromatic nitrogens is 4. The minimum atomic E-state index is -4.60. The Morgan fingerprint density at radius 3 is 2.65 bits per heavy atom. The number of hydrogen-bond donors (Lipinski definition) is 2. The third-order valence-corrected chi connectivity index (χ3v) is 3.55. The molecule has 9 heteroatoms. The second-order valence-electron chi connectivity index (χ2n) is 4.97. The van der Waals surface area contributed by atoms with Crippen molar-refractivity contribution >= 4 is 17.0 Å². The van der Waals surface area contributed by atoms with Gasteiger partial charge in [0, 0.05) is 19.1 Å². The predicted octanol–water partition coefficient (Wildman–Crippen LogP) is 1.30. The Hall–Kier alpha value is -1.90. The van der Waals surface area contributed by atoms with Crippen molar-refractivity contribution in [3.8, 4) is 0 Å². The fraction of sp³-hybridized carbons (Fsp3) is 0.545. The van der Waals surface area contributed by atoms with Crippen LogP contribution in [0.3, 0.4) is 0 Å². The van der Waals surface area contributed by atoms with Crippen LogP contribution < -0.4 is 10.6 Å². The molecule has 0 aliphatic heterocycles. The third-order valence-electron chi connectivity index (χ3n) is 3.55. The average Bonchev–Trinajstić information content (AvgIpc) is 2.80. The van der Waals surface area contributed by atoms with Crippen molar-refractivity contribution in [1.29, 1.82) is 0 Å². The summed E-state index contributed by atoms with van der Waals surface area (Å²) in [6.45, 7) is 0. The lowest BCUT2D eigenvalue weighted by Crippen LogP contribution is -2.49. The Morgan fingerprint density at radius 2 is 2.05 bits per heavy atom. The molecule has 0 atom stereocenters. The van der Waals surface area contributed by atoms with Gasteiger partial charge in [-0.1, -0.05) is 0 Å². The number of alkyl halides is 3. The molecule has 2 heterocycles. The van der Waals surface area contributed by atoms with Crippen molar-refractivity contribution in [2.45, 2.75) is 31.1 Å². The van der Waals surface area contributed by atoms with Crippen molar-refractivity contribution in [2.24, 2.45) is 5.73 Å². The molecule has 0 bridgehead atoms. The fourth-order valence-electron chi connectivity index (χ4n) is 2.32. The Balaban J connectivity index is 2.06. The van der Waals surface area contributed by atoms with Crippen LogP contribution in [0.4, 0.5) is 19.0 Å². The van der Waals surface area contributed by atoms with E-state index in [1.54, 1.807) is 11.9 Å². The van der Waals surface area contributed by atoms with Crippen LogP contribution in [0, 0.1) is 0 Å². The maximum Gasteiger partial charge on any atom is 0.451 e. The van der Waals surface area contributed by atoms with E-state index in [4.69, 9.17) is 5.73 Å². The summed E-state index contributed by atoms with van der Waals surface area (Å²) in [7, 11) is 1.71. The second kappa shape index (κ2) is 4.30. The number of imidazole rings is 1.